The number of amides is 1. The number of benzene rings is 1. The van der Waals surface area contributed by atoms with Crippen LogP contribution in [0.25, 0.3) is 0 Å². The molecule has 3 N–H and O–H groups in total. The summed E-state index contributed by atoms with van der Waals surface area (Å²) in [6.07, 6.45) is 1.77. The summed E-state index contributed by atoms with van der Waals surface area (Å²) in [5.41, 5.74) is 5.96. The zero-order chi connectivity index (χ0) is 11.4. The number of H-pyrrole nitrogens is 1. The van der Waals surface area contributed by atoms with Crippen molar-refractivity contribution in [3.05, 3.63) is 52.6 Å². The molecule has 0 spiro atoms. The number of hydrogen-bond acceptors (Lipinski definition) is 2. The molecule has 2 aromatic rings. The summed E-state index contributed by atoms with van der Waals surface area (Å²) in [4.78, 5) is 14.6. The van der Waals surface area contributed by atoms with Crippen molar-refractivity contribution in [3.8, 4) is 0 Å². The minimum atomic E-state index is -0.179. The number of anilines is 1. The van der Waals surface area contributed by atoms with Crippen LogP contribution in [0.3, 0.4) is 0 Å². The maximum Gasteiger partial charge on any atom is 0.269 e. The number of nitrogens with one attached hydrogen (secondary N) is 3. The molecule has 1 aromatic carbocycles. The third kappa shape index (κ3) is 2.64. The standard InChI is InChI=1S/C11H10BrN3O/c12-9-5-3-8(4-6-9)11(16)15-14-10-2-1-7-13-10/h1-7,13-14H,(H,15,16). The molecule has 0 saturated carbocycles. The summed E-state index contributed by atoms with van der Waals surface area (Å²) in [6.45, 7) is 0. The van der Waals surface area contributed by atoms with Crippen LogP contribution < -0.4 is 10.9 Å². The number of carbonyl (C=O) groups excluding carboxylic acids is 1. The van der Waals surface area contributed by atoms with Gasteiger partial charge in [0, 0.05) is 16.2 Å². The predicted molar refractivity (Wildman–Crippen MR) is 66.0 cm³/mol. The highest BCUT2D eigenvalue weighted by Crippen LogP contribution is 2.10. The molecule has 0 aliphatic carbocycles. The maximum atomic E-state index is 11.6. The van der Waals surface area contributed by atoms with E-state index in [1.807, 2.05) is 24.3 Å². The number of carbonyl (C=O) groups is 1. The first-order valence-electron chi connectivity index (χ1n) is 4.71. The van der Waals surface area contributed by atoms with Crippen molar-refractivity contribution in [2.45, 2.75) is 0 Å². The monoisotopic (exact) mass is 279 g/mol. The lowest BCUT2D eigenvalue weighted by atomic mass is 10.2. The highest BCUT2D eigenvalue weighted by molar-refractivity contribution is 9.10. The molecule has 0 bridgehead atoms. The number of rotatable bonds is 3. The molecule has 5 heteroatoms. The van der Waals surface area contributed by atoms with Crippen LogP contribution >= 0.6 is 15.9 Å². The van der Waals surface area contributed by atoms with Crippen molar-refractivity contribution in [1.82, 2.24) is 10.4 Å². The van der Waals surface area contributed by atoms with Crippen molar-refractivity contribution in [2.75, 3.05) is 5.43 Å². The molecule has 1 amide bonds. The number of aromatic amines is 1. The minimum absolute atomic E-state index is 0.179. The number of hydrogen-bond donors (Lipinski definition) is 3. The van der Waals surface area contributed by atoms with Crippen LogP contribution in [0.15, 0.2) is 47.1 Å². The second-order valence-corrected chi connectivity index (χ2v) is 4.09. The molecule has 82 valence electrons. The van der Waals surface area contributed by atoms with Gasteiger partial charge in [-0.25, -0.2) is 0 Å². The normalized spacial score (nSPS) is 9.81. The van der Waals surface area contributed by atoms with Gasteiger partial charge < -0.3 is 4.98 Å². The van der Waals surface area contributed by atoms with E-state index in [1.54, 1.807) is 18.3 Å². The second kappa shape index (κ2) is 4.85. The Morgan fingerprint density at radius 3 is 2.56 bits per heavy atom. The van der Waals surface area contributed by atoms with E-state index in [2.05, 4.69) is 31.8 Å². The van der Waals surface area contributed by atoms with Gasteiger partial charge in [-0.3, -0.25) is 15.6 Å². The summed E-state index contributed by atoms with van der Waals surface area (Å²) in [7, 11) is 0. The Kier molecular flexibility index (Phi) is 3.26. The van der Waals surface area contributed by atoms with Crippen LogP contribution in [0.1, 0.15) is 10.4 Å². The van der Waals surface area contributed by atoms with Crippen LogP contribution in [-0.4, -0.2) is 10.9 Å². The summed E-state index contributed by atoms with van der Waals surface area (Å²) in [5.74, 6) is 0.563. The maximum absolute atomic E-state index is 11.6. The first-order chi connectivity index (χ1) is 7.75. The van der Waals surface area contributed by atoms with Crippen molar-refractivity contribution >= 4 is 27.7 Å². The molecular weight excluding hydrogens is 270 g/mol. The van der Waals surface area contributed by atoms with Crippen LogP contribution in [0, 0.1) is 0 Å². The van der Waals surface area contributed by atoms with Gasteiger partial charge in [0.05, 0.1) is 0 Å². The molecule has 2 rings (SSSR count). The molecule has 0 radical (unpaired) electrons. The van der Waals surface area contributed by atoms with Crippen molar-refractivity contribution in [2.24, 2.45) is 0 Å². The third-order valence-electron chi connectivity index (χ3n) is 2.02. The first-order valence-corrected chi connectivity index (χ1v) is 5.50. The second-order valence-electron chi connectivity index (χ2n) is 3.17. The lowest BCUT2D eigenvalue weighted by molar-refractivity contribution is 0.0962. The largest absolute Gasteiger partial charge is 0.347 e. The Bertz CT molecular complexity index is 464. The molecule has 0 aliphatic heterocycles. The number of aromatic nitrogens is 1. The van der Waals surface area contributed by atoms with Gasteiger partial charge >= 0.3 is 0 Å². The fourth-order valence-electron chi connectivity index (χ4n) is 1.21. The topological polar surface area (TPSA) is 56.9 Å². The number of hydrazine groups is 1. The SMILES string of the molecule is O=C(NNc1ccc[nH]1)c1ccc(Br)cc1. The molecule has 0 saturated heterocycles. The highest BCUT2D eigenvalue weighted by Gasteiger charge is 2.03. The third-order valence-corrected chi connectivity index (χ3v) is 2.54. The Hall–Kier alpha value is -1.75. The fourth-order valence-corrected chi connectivity index (χ4v) is 1.47. The average molecular weight is 280 g/mol. The number of halogens is 1. The van der Waals surface area contributed by atoms with Gasteiger partial charge in [0.1, 0.15) is 5.82 Å². The van der Waals surface area contributed by atoms with Crippen LogP contribution in [-0.2, 0) is 0 Å². The van der Waals surface area contributed by atoms with E-state index in [-0.39, 0.29) is 5.91 Å². The molecule has 0 unspecified atom stereocenters. The van der Waals surface area contributed by atoms with E-state index in [0.717, 1.165) is 10.3 Å². The average Bonchev–Trinajstić information content (AvgIpc) is 2.80. The highest BCUT2D eigenvalue weighted by atomic mass is 79.9. The molecule has 16 heavy (non-hydrogen) atoms. The Balaban J connectivity index is 1.95. The van der Waals surface area contributed by atoms with E-state index in [0.29, 0.717) is 5.56 Å². The fraction of sp³-hybridized carbons (Fsp3) is 0. The summed E-state index contributed by atoms with van der Waals surface area (Å²) < 4.78 is 0.946. The first kappa shape index (κ1) is 10.8. The van der Waals surface area contributed by atoms with E-state index in [4.69, 9.17) is 0 Å². The van der Waals surface area contributed by atoms with Gasteiger partial charge in [-0.15, -0.1) is 0 Å². The van der Waals surface area contributed by atoms with Gasteiger partial charge in [0.15, 0.2) is 0 Å². The molecule has 0 aliphatic rings. The van der Waals surface area contributed by atoms with Crippen molar-refractivity contribution in [3.63, 3.8) is 0 Å². The van der Waals surface area contributed by atoms with Gasteiger partial charge in [-0.2, -0.15) is 0 Å². The van der Waals surface area contributed by atoms with Crippen LogP contribution in [0.4, 0.5) is 5.82 Å². The van der Waals surface area contributed by atoms with Crippen LogP contribution in [0.5, 0.6) is 0 Å². The van der Waals surface area contributed by atoms with Gasteiger partial charge in [0.2, 0.25) is 0 Å². The zero-order valence-corrected chi connectivity index (χ0v) is 9.91. The molecule has 4 nitrogen and oxygen atoms in total. The molecule has 1 heterocycles. The zero-order valence-electron chi connectivity index (χ0n) is 8.33. The molecule has 0 fully saturated rings. The van der Waals surface area contributed by atoms with Gasteiger partial charge in [0.25, 0.3) is 5.91 Å². The summed E-state index contributed by atoms with van der Waals surface area (Å²) >= 11 is 3.31. The molecular formula is C11H10BrN3O. The Morgan fingerprint density at radius 2 is 1.94 bits per heavy atom. The van der Waals surface area contributed by atoms with E-state index >= 15 is 0 Å². The van der Waals surface area contributed by atoms with E-state index in [1.165, 1.54) is 0 Å². The van der Waals surface area contributed by atoms with E-state index in [9.17, 15) is 4.79 Å². The Labute approximate surface area is 101 Å². The smallest absolute Gasteiger partial charge is 0.269 e. The Morgan fingerprint density at radius 1 is 1.19 bits per heavy atom. The van der Waals surface area contributed by atoms with Gasteiger partial charge in [-0.05, 0) is 36.4 Å². The lowest BCUT2D eigenvalue weighted by Gasteiger charge is -2.06. The lowest BCUT2D eigenvalue weighted by Crippen LogP contribution is -2.29. The van der Waals surface area contributed by atoms with Crippen molar-refractivity contribution < 1.29 is 4.79 Å². The van der Waals surface area contributed by atoms with Crippen molar-refractivity contribution in [1.29, 1.82) is 0 Å². The minimum Gasteiger partial charge on any atom is -0.347 e. The quantitative estimate of drug-likeness (QED) is 0.757. The predicted octanol–water partition coefficient (Wildman–Crippen LogP) is 2.53. The summed E-state index contributed by atoms with van der Waals surface area (Å²) in [5, 5.41) is 0. The summed E-state index contributed by atoms with van der Waals surface area (Å²) in [6, 6.07) is 10.8. The van der Waals surface area contributed by atoms with E-state index < -0.39 is 0 Å². The molecule has 1 aromatic heterocycles. The van der Waals surface area contributed by atoms with Crippen LogP contribution in [0.2, 0.25) is 0 Å². The van der Waals surface area contributed by atoms with Gasteiger partial charge in [-0.1, -0.05) is 15.9 Å². The molecule has 0 atom stereocenters.